The Morgan fingerprint density at radius 2 is 1.83 bits per heavy atom. The highest BCUT2D eigenvalue weighted by atomic mass is 16.6. The smallest absolute Gasteiger partial charge is 0.255 e. The second-order valence-electron chi connectivity index (χ2n) is 6.94. The lowest BCUT2D eigenvalue weighted by molar-refractivity contribution is 0.102. The number of nitrogens with one attached hydrogen (secondary N) is 2. The molecule has 1 aliphatic rings. The van der Waals surface area contributed by atoms with Gasteiger partial charge in [0.2, 0.25) is 0 Å². The maximum atomic E-state index is 12.7. The molecular weight excluding hydrogens is 366 g/mol. The first kappa shape index (κ1) is 17.3. The fraction of sp³-hybridized carbons (Fsp3) is 0.130. The molecule has 6 heteroatoms. The molecule has 0 spiro atoms. The number of aryl methyl sites for hydroxylation is 1. The first-order valence-corrected chi connectivity index (χ1v) is 9.44. The van der Waals surface area contributed by atoms with Crippen molar-refractivity contribution in [2.24, 2.45) is 0 Å². The molecule has 2 heterocycles. The number of aromatic amines is 1. The van der Waals surface area contributed by atoms with Crippen molar-refractivity contribution in [1.82, 2.24) is 9.97 Å². The lowest BCUT2D eigenvalue weighted by atomic mass is 10.1. The summed E-state index contributed by atoms with van der Waals surface area (Å²) in [6, 6.07) is 18.9. The molecular formula is C23H19N3O3. The molecule has 5 rings (SSSR count). The summed E-state index contributed by atoms with van der Waals surface area (Å²) >= 11 is 0. The highest BCUT2D eigenvalue weighted by Gasteiger charge is 2.16. The lowest BCUT2D eigenvalue weighted by Gasteiger charge is -2.18. The van der Waals surface area contributed by atoms with E-state index in [1.807, 2.05) is 49.4 Å². The SMILES string of the molecule is Cc1ccc(NC(=O)c2ccc3c(c2)OCCO3)cc1-c1nc2ccccc2[nH]1. The third-order valence-electron chi connectivity index (χ3n) is 4.94. The van der Waals surface area contributed by atoms with Gasteiger partial charge in [-0.1, -0.05) is 18.2 Å². The summed E-state index contributed by atoms with van der Waals surface area (Å²) in [6.45, 7) is 3.03. The zero-order chi connectivity index (χ0) is 19.8. The van der Waals surface area contributed by atoms with E-state index in [-0.39, 0.29) is 5.91 Å². The van der Waals surface area contributed by atoms with Crippen molar-refractivity contribution in [3.8, 4) is 22.9 Å². The van der Waals surface area contributed by atoms with Gasteiger partial charge in [0.25, 0.3) is 5.91 Å². The Bertz CT molecular complexity index is 1200. The number of carbonyl (C=O) groups is 1. The summed E-state index contributed by atoms with van der Waals surface area (Å²) in [7, 11) is 0. The van der Waals surface area contributed by atoms with E-state index in [0.29, 0.717) is 36.0 Å². The van der Waals surface area contributed by atoms with E-state index in [1.165, 1.54) is 0 Å². The molecule has 0 fully saturated rings. The Morgan fingerprint density at radius 1 is 1.00 bits per heavy atom. The number of fused-ring (bicyclic) bond motifs is 2. The Hall–Kier alpha value is -3.80. The van der Waals surface area contributed by atoms with E-state index in [9.17, 15) is 4.79 Å². The monoisotopic (exact) mass is 385 g/mol. The summed E-state index contributed by atoms with van der Waals surface area (Å²) in [4.78, 5) is 20.8. The van der Waals surface area contributed by atoms with Crippen LogP contribution in [0.5, 0.6) is 11.5 Å². The van der Waals surface area contributed by atoms with Crippen molar-refractivity contribution >= 4 is 22.6 Å². The van der Waals surface area contributed by atoms with Crippen LogP contribution in [-0.4, -0.2) is 29.1 Å². The topological polar surface area (TPSA) is 76.2 Å². The molecule has 29 heavy (non-hydrogen) atoms. The largest absolute Gasteiger partial charge is 0.486 e. The highest BCUT2D eigenvalue weighted by Crippen LogP contribution is 2.31. The van der Waals surface area contributed by atoms with E-state index >= 15 is 0 Å². The van der Waals surface area contributed by atoms with Gasteiger partial charge >= 0.3 is 0 Å². The number of hydrogen-bond donors (Lipinski definition) is 2. The number of aromatic nitrogens is 2. The first-order chi connectivity index (χ1) is 14.2. The van der Waals surface area contributed by atoms with Crippen LogP contribution in [0, 0.1) is 6.92 Å². The van der Waals surface area contributed by atoms with Gasteiger partial charge in [-0.2, -0.15) is 0 Å². The van der Waals surface area contributed by atoms with Gasteiger partial charge in [-0.05, 0) is 55.0 Å². The molecule has 0 radical (unpaired) electrons. The van der Waals surface area contributed by atoms with Crippen molar-refractivity contribution in [1.29, 1.82) is 0 Å². The van der Waals surface area contributed by atoms with Crippen molar-refractivity contribution in [3.63, 3.8) is 0 Å². The maximum absolute atomic E-state index is 12.7. The molecule has 6 nitrogen and oxygen atoms in total. The normalized spacial score (nSPS) is 12.7. The summed E-state index contributed by atoms with van der Waals surface area (Å²) in [5, 5.41) is 2.96. The minimum Gasteiger partial charge on any atom is -0.486 e. The van der Waals surface area contributed by atoms with E-state index < -0.39 is 0 Å². The zero-order valence-corrected chi connectivity index (χ0v) is 15.9. The number of anilines is 1. The molecule has 0 saturated carbocycles. The molecule has 2 N–H and O–H groups in total. The fourth-order valence-electron chi connectivity index (χ4n) is 3.42. The van der Waals surface area contributed by atoms with Crippen LogP contribution in [0.1, 0.15) is 15.9 Å². The number of benzene rings is 3. The molecule has 1 amide bonds. The fourth-order valence-corrected chi connectivity index (χ4v) is 3.42. The summed E-state index contributed by atoms with van der Waals surface area (Å²) in [6.07, 6.45) is 0. The van der Waals surface area contributed by atoms with Crippen molar-refractivity contribution in [2.45, 2.75) is 6.92 Å². The van der Waals surface area contributed by atoms with Crippen LogP contribution < -0.4 is 14.8 Å². The standard InChI is InChI=1S/C23H19N3O3/c1-14-6-8-16(13-17(14)22-25-18-4-2-3-5-19(18)26-22)24-23(27)15-7-9-20-21(12-15)29-11-10-28-20/h2-9,12-13H,10-11H2,1H3,(H,24,27)(H,25,26). The molecule has 4 aromatic rings. The molecule has 0 bridgehead atoms. The summed E-state index contributed by atoms with van der Waals surface area (Å²) < 4.78 is 11.1. The molecule has 0 aliphatic carbocycles. The number of amides is 1. The number of rotatable bonds is 3. The highest BCUT2D eigenvalue weighted by molar-refractivity contribution is 6.05. The van der Waals surface area contributed by atoms with Gasteiger partial charge in [0.1, 0.15) is 19.0 Å². The molecule has 144 valence electrons. The first-order valence-electron chi connectivity index (χ1n) is 9.44. The predicted molar refractivity (Wildman–Crippen MR) is 112 cm³/mol. The molecule has 0 saturated heterocycles. The van der Waals surface area contributed by atoms with E-state index in [0.717, 1.165) is 28.0 Å². The van der Waals surface area contributed by atoms with E-state index in [4.69, 9.17) is 9.47 Å². The average Bonchev–Trinajstić information content (AvgIpc) is 3.18. The van der Waals surface area contributed by atoms with Gasteiger partial charge in [0, 0.05) is 16.8 Å². The van der Waals surface area contributed by atoms with E-state index in [2.05, 4.69) is 15.3 Å². The van der Waals surface area contributed by atoms with Crippen molar-refractivity contribution in [2.75, 3.05) is 18.5 Å². The van der Waals surface area contributed by atoms with E-state index in [1.54, 1.807) is 18.2 Å². The number of ether oxygens (including phenoxy) is 2. The maximum Gasteiger partial charge on any atom is 0.255 e. The second-order valence-corrected chi connectivity index (χ2v) is 6.94. The van der Waals surface area contributed by atoms with Crippen molar-refractivity contribution < 1.29 is 14.3 Å². The van der Waals surface area contributed by atoms with Crippen LogP contribution in [0.2, 0.25) is 0 Å². The van der Waals surface area contributed by atoms with Crippen LogP contribution in [0.3, 0.4) is 0 Å². The average molecular weight is 385 g/mol. The Morgan fingerprint density at radius 3 is 2.69 bits per heavy atom. The van der Waals surface area contributed by atoms with Gasteiger partial charge < -0.3 is 19.8 Å². The van der Waals surface area contributed by atoms with Crippen LogP contribution >= 0.6 is 0 Å². The lowest BCUT2D eigenvalue weighted by Crippen LogP contribution is -2.17. The second kappa shape index (κ2) is 6.98. The number of H-pyrrole nitrogens is 1. The Labute approximate surface area is 167 Å². The number of carbonyl (C=O) groups excluding carboxylic acids is 1. The number of nitrogens with zero attached hydrogens (tertiary/aromatic N) is 1. The predicted octanol–water partition coefficient (Wildman–Crippen LogP) is 4.56. The molecule has 0 atom stereocenters. The minimum absolute atomic E-state index is 0.207. The quantitative estimate of drug-likeness (QED) is 0.542. The Balaban J connectivity index is 1.43. The summed E-state index contributed by atoms with van der Waals surface area (Å²) in [5.74, 6) is 1.83. The number of para-hydroxylation sites is 2. The summed E-state index contributed by atoms with van der Waals surface area (Å²) in [5.41, 5.74) is 5.12. The molecule has 1 aromatic heterocycles. The van der Waals surface area contributed by atoms with Crippen LogP contribution in [0.25, 0.3) is 22.4 Å². The molecule has 3 aromatic carbocycles. The molecule has 1 aliphatic heterocycles. The van der Waals surface area contributed by atoms with Gasteiger partial charge in [0.15, 0.2) is 11.5 Å². The zero-order valence-electron chi connectivity index (χ0n) is 15.9. The number of hydrogen-bond acceptors (Lipinski definition) is 4. The third kappa shape index (κ3) is 3.29. The van der Waals surface area contributed by atoms with Gasteiger partial charge in [-0.3, -0.25) is 4.79 Å². The Kier molecular flexibility index (Phi) is 4.17. The van der Waals surface area contributed by atoms with Gasteiger partial charge in [0.05, 0.1) is 11.0 Å². The molecule has 0 unspecified atom stereocenters. The van der Waals surface area contributed by atoms with Crippen LogP contribution in [0.4, 0.5) is 5.69 Å². The van der Waals surface area contributed by atoms with Gasteiger partial charge in [-0.25, -0.2) is 4.98 Å². The van der Waals surface area contributed by atoms with Crippen LogP contribution in [-0.2, 0) is 0 Å². The minimum atomic E-state index is -0.207. The third-order valence-corrected chi connectivity index (χ3v) is 4.94. The van der Waals surface area contributed by atoms with Crippen LogP contribution in [0.15, 0.2) is 60.7 Å². The van der Waals surface area contributed by atoms with Gasteiger partial charge in [-0.15, -0.1) is 0 Å². The number of imidazole rings is 1. The van der Waals surface area contributed by atoms with Crippen molar-refractivity contribution in [3.05, 3.63) is 71.8 Å².